The first-order valence-corrected chi connectivity index (χ1v) is 10.9. The van der Waals surface area contributed by atoms with E-state index in [9.17, 15) is 14.7 Å². The lowest BCUT2D eigenvalue weighted by Crippen LogP contribution is -2.50. The van der Waals surface area contributed by atoms with Crippen molar-refractivity contribution in [2.75, 3.05) is 13.1 Å². The number of aliphatic hydroxyl groups is 1. The van der Waals surface area contributed by atoms with Crippen LogP contribution in [0.4, 0.5) is 4.79 Å². The van der Waals surface area contributed by atoms with Crippen LogP contribution in [0.1, 0.15) is 49.5 Å². The summed E-state index contributed by atoms with van der Waals surface area (Å²) in [7, 11) is 0. The number of aliphatic hydroxyl groups excluding tert-OH is 1. The molecule has 1 saturated heterocycles. The first-order chi connectivity index (χ1) is 15.2. The predicted octanol–water partition coefficient (Wildman–Crippen LogP) is 3.76. The molecule has 2 N–H and O–H groups in total. The van der Waals surface area contributed by atoms with Crippen LogP contribution in [-0.2, 0) is 11.3 Å². The number of ether oxygens (including phenoxy) is 2. The van der Waals surface area contributed by atoms with Crippen LogP contribution in [0.15, 0.2) is 54.6 Å². The molecule has 0 saturated carbocycles. The van der Waals surface area contributed by atoms with Gasteiger partial charge in [0.25, 0.3) is 5.91 Å². The van der Waals surface area contributed by atoms with E-state index in [4.69, 9.17) is 9.47 Å². The fraction of sp³-hybridized carbons (Fsp3) is 0.440. The average Bonchev–Trinajstić information content (AvgIpc) is 2.94. The second kappa shape index (κ2) is 10.5. The zero-order valence-electron chi connectivity index (χ0n) is 18.9. The van der Waals surface area contributed by atoms with Gasteiger partial charge in [-0.25, -0.2) is 4.79 Å². The Kier molecular flexibility index (Phi) is 7.75. The first kappa shape index (κ1) is 23.6. The van der Waals surface area contributed by atoms with E-state index in [0.717, 1.165) is 5.56 Å². The standard InChI is InChI=1S/C25H32N2O5/c1-25(2,3)32-24(30)27-15-7-10-22(28)21(16-27)26-23(29)19-11-13-20(14-12-19)31-17-18-8-5-4-6-9-18/h4-6,8-9,11-14,21-22,28H,7,10,15-17H2,1-3H3,(H,26,29)/t21-,22-/m1/s1. The highest BCUT2D eigenvalue weighted by Crippen LogP contribution is 2.18. The molecule has 2 amide bonds. The fourth-order valence-corrected chi connectivity index (χ4v) is 3.47. The molecule has 3 rings (SSSR count). The predicted molar refractivity (Wildman–Crippen MR) is 122 cm³/mol. The number of amides is 2. The maximum Gasteiger partial charge on any atom is 0.410 e. The number of carbonyl (C=O) groups excluding carboxylic acids is 2. The maximum atomic E-state index is 12.8. The van der Waals surface area contributed by atoms with Crippen molar-refractivity contribution in [1.82, 2.24) is 10.2 Å². The Morgan fingerprint density at radius 2 is 1.78 bits per heavy atom. The zero-order valence-corrected chi connectivity index (χ0v) is 18.9. The maximum absolute atomic E-state index is 12.8. The number of benzene rings is 2. The SMILES string of the molecule is CC(C)(C)OC(=O)N1CCC[C@@H](O)[C@H](NC(=O)c2ccc(OCc3ccccc3)cc2)C1. The van der Waals surface area contributed by atoms with E-state index in [-0.39, 0.29) is 12.5 Å². The van der Waals surface area contributed by atoms with Crippen LogP contribution in [0.25, 0.3) is 0 Å². The molecule has 1 heterocycles. The largest absolute Gasteiger partial charge is 0.489 e. The molecule has 2 aromatic rings. The summed E-state index contributed by atoms with van der Waals surface area (Å²) in [6.07, 6.45) is -0.0397. The smallest absolute Gasteiger partial charge is 0.410 e. The van der Waals surface area contributed by atoms with Gasteiger partial charge in [-0.05, 0) is 63.4 Å². The van der Waals surface area contributed by atoms with Gasteiger partial charge in [-0.3, -0.25) is 4.79 Å². The molecule has 2 atom stereocenters. The number of nitrogens with zero attached hydrogens (tertiary/aromatic N) is 1. The lowest BCUT2D eigenvalue weighted by Gasteiger charge is -2.29. The van der Waals surface area contributed by atoms with Crippen LogP contribution in [0.3, 0.4) is 0 Å². The third kappa shape index (κ3) is 6.99. The molecule has 1 aliphatic rings. The van der Waals surface area contributed by atoms with Crippen molar-refractivity contribution in [2.45, 2.75) is 58.0 Å². The second-order valence-corrected chi connectivity index (χ2v) is 9.01. The number of nitrogens with one attached hydrogen (secondary N) is 1. The number of carbonyl (C=O) groups is 2. The number of likely N-dealkylation sites (tertiary alicyclic amines) is 1. The van der Waals surface area contributed by atoms with Gasteiger partial charge in [0.1, 0.15) is 18.0 Å². The third-order valence-corrected chi connectivity index (χ3v) is 5.14. The minimum atomic E-state index is -0.736. The van der Waals surface area contributed by atoms with E-state index in [0.29, 0.717) is 37.3 Å². The van der Waals surface area contributed by atoms with Gasteiger partial charge in [-0.2, -0.15) is 0 Å². The molecule has 0 aliphatic carbocycles. The molecule has 7 heteroatoms. The van der Waals surface area contributed by atoms with E-state index in [1.54, 1.807) is 29.2 Å². The van der Waals surface area contributed by atoms with E-state index in [1.165, 1.54) is 0 Å². The molecule has 0 radical (unpaired) electrons. The number of hydrogen-bond acceptors (Lipinski definition) is 5. The third-order valence-electron chi connectivity index (χ3n) is 5.14. The Bertz CT molecular complexity index is 893. The van der Waals surface area contributed by atoms with Crippen LogP contribution in [0, 0.1) is 0 Å². The van der Waals surface area contributed by atoms with Crippen molar-refractivity contribution in [2.24, 2.45) is 0 Å². The van der Waals surface area contributed by atoms with Crippen molar-refractivity contribution in [1.29, 1.82) is 0 Å². The molecule has 0 unspecified atom stereocenters. The van der Waals surface area contributed by atoms with Crippen molar-refractivity contribution in [3.8, 4) is 5.75 Å². The molecule has 0 aromatic heterocycles. The molecule has 7 nitrogen and oxygen atoms in total. The van der Waals surface area contributed by atoms with Crippen molar-refractivity contribution < 1.29 is 24.2 Å². The number of hydrogen-bond donors (Lipinski definition) is 2. The minimum Gasteiger partial charge on any atom is -0.489 e. The van der Waals surface area contributed by atoms with Gasteiger partial charge in [0, 0.05) is 18.7 Å². The van der Waals surface area contributed by atoms with Gasteiger partial charge in [-0.15, -0.1) is 0 Å². The molecule has 1 aliphatic heterocycles. The Balaban J connectivity index is 1.58. The van der Waals surface area contributed by atoms with Crippen LogP contribution in [0.2, 0.25) is 0 Å². The highest BCUT2D eigenvalue weighted by molar-refractivity contribution is 5.94. The molecule has 32 heavy (non-hydrogen) atoms. The Labute approximate surface area is 189 Å². The molecule has 2 aromatic carbocycles. The summed E-state index contributed by atoms with van der Waals surface area (Å²) >= 11 is 0. The highest BCUT2D eigenvalue weighted by Gasteiger charge is 2.31. The topological polar surface area (TPSA) is 88.1 Å². The summed E-state index contributed by atoms with van der Waals surface area (Å²) < 4.78 is 11.2. The summed E-state index contributed by atoms with van der Waals surface area (Å²) in [5.41, 5.74) is 0.911. The van der Waals surface area contributed by atoms with Crippen LogP contribution < -0.4 is 10.1 Å². The fourth-order valence-electron chi connectivity index (χ4n) is 3.47. The molecular weight excluding hydrogens is 408 g/mol. The summed E-state index contributed by atoms with van der Waals surface area (Å²) in [6, 6.07) is 16.1. The van der Waals surface area contributed by atoms with Crippen LogP contribution in [0.5, 0.6) is 5.75 Å². The van der Waals surface area contributed by atoms with Gasteiger partial charge in [0.15, 0.2) is 0 Å². The van der Waals surface area contributed by atoms with Crippen LogP contribution in [-0.4, -0.2) is 52.8 Å². The lowest BCUT2D eigenvalue weighted by molar-refractivity contribution is 0.0223. The first-order valence-electron chi connectivity index (χ1n) is 10.9. The van der Waals surface area contributed by atoms with Gasteiger partial charge in [-0.1, -0.05) is 30.3 Å². The summed E-state index contributed by atoms with van der Waals surface area (Å²) in [4.78, 5) is 26.8. The van der Waals surface area contributed by atoms with Gasteiger partial charge >= 0.3 is 6.09 Å². The van der Waals surface area contributed by atoms with Gasteiger partial charge in [0.2, 0.25) is 0 Å². The lowest BCUT2D eigenvalue weighted by atomic mass is 10.1. The van der Waals surface area contributed by atoms with E-state index in [1.807, 2.05) is 51.1 Å². The average molecular weight is 441 g/mol. The van der Waals surface area contributed by atoms with Crippen molar-refractivity contribution in [3.05, 3.63) is 65.7 Å². The Morgan fingerprint density at radius 3 is 2.44 bits per heavy atom. The summed E-state index contributed by atoms with van der Waals surface area (Å²) in [6.45, 7) is 6.55. The van der Waals surface area contributed by atoms with E-state index in [2.05, 4.69) is 5.32 Å². The molecule has 172 valence electrons. The summed E-state index contributed by atoms with van der Waals surface area (Å²) in [5.74, 6) is 0.353. The number of rotatable bonds is 5. The second-order valence-electron chi connectivity index (χ2n) is 9.01. The molecule has 1 fully saturated rings. The van der Waals surface area contributed by atoms with Crippen molar-refractivity contribution >= 4 is 12.0 Å². The normalized spacial score (nSPS) is 19.1. The molecule has 0 bridgehead atoms. The quantitative estimate of drug-likeness (QED) is 0.739. The van der Waals surface area contributed by atoms with E-state index >= 15 is 0 Å². The Morgan fingerprint density at radius 1 is 1.09 bits per heavy atom. The Hall–Kier alpha value is -3.06. The zero-order chi connectivity index (χ0) is 23.1. The highest BCUT2D eigenvalue weighted by atomic mass is 16.6. The van der Waals surface area contributed by atoms with Gasteiger partial charge in [0.05, 0.1) is 12.1 Å². The summed E-state index contributed by atoms with van der Waals surface area (Å²) in [5, 5.41) is 13.4. The molecular formula is C25H32N2O5. The van der Waals surface area contributed by atoms with E-state index < -0.39 is 23.8 Å². The molecule has 0 spiro atoms. The monoisotopic (exact) mass is 440 g/mol. The minimum absolute atomic E-state index is 0.195. The van der Waals surface area contributed by atoms with Crippen LogP contribution >= 0.6 is 0 Å². The van der Waals surface area contributed by atoms with Gasteiger partial charge < -0.3 is 24.8 Å². The van der Waals surface area contributed by atoms with Crippen molar-refractivity contribution in [3.63, 3.8) is 0 Å².